The number of nitrogens with one attached hydrogen (secondary N) is 1. The van der Waals surface area contributed by atoms with Crippen LogP contribution in [0.2, 0.25) is 0 Å². The van der Waals surface area contributed by atoms with Crippen molar-refractivity contribution in [2.24, 2.45) is 0 Å². The Hall–Kier alpha value is -1.33. The van der Waals surface area contributed by atoms with Crippen LogP contribution in [-0.2, 0) is 0 Å². The summed E-state index contributed by atoms with van der Waals surface area (Å²) >= 11 is 0. The highest BCUT2D eigenvalue weighted by Crippen LogP contribution is 2.26. The van der Waals surface area contributed by atoms with Gasteiger partial charge in [0.2, 0.25) is 0 Å². The lowest BCUT2D eigenvalue weighted by molar-refractivity contribution is 0.0783. The van der Waals surface area contributed by atoms with Gasteiger partial charge in [0.1, 0.15) is 5.82 Å². The highest BCUT2D eigenvalue weighted by atomic mass is 19.1. The molecule has 0 bridgehead atoms. The lowest BCUT2D eigenvalue weighted by atomic mass is 9.99. The topological polar surface area (TPSA) is 45.2 Å². The maximum atomic E-state index is 13.2. The summed E-state index contributed by atoms with van der Waals surface area (Å²) < 4.78 is 13.2. The fraction of sp³-hybridized carbons (Fsp3) is 0.600. The number of Topliss-reactive ketones (excluding diaryl/α,β-unsaturated/α-hetero) is 1. The Labute approximate surface area is 118 Å². The minimum atomic E-state index is -0.442. The summed E-state index contributed by atoms with van der Waals surface area (Å²) in [6, 6.07) is 1.68. The number of hydrogen-bond donors (Lipinski definition) is 1. The van der Waals surface area contributed by atoms with Crippen LogP contribution in [0.15, 0.2) is 18.5 Å². The lowest BCUT2D eigenvalue weighted by Crippen LogP contribution is -2.47. The molecule has 3 heterocycles. The molecule has 4 nitrogen and oxygen atoms in total. The standard InChI is InChI=1S/C15H20FN3O/c16-12-8-11(9-18-10-12)15(20)14-2-1-7-19(14)13-3-5-17-6-4-13/h8-10,13-14,17H,1-7H2. The number of ketones is 1. The molecule has 1 N–H and O–H groups in total. The normalized spacial score (nSPS) is 24.9. The molecule has 0 aliphatic carbocycles. The number of piperidine rings is 1. The predicted molar refractivity (Wildman–Crippen MR) is 74.1 cm³/mol. The van der Waals surface area contributed by atoms with E-state index in [0.717, 1.165) is 51.5 Å². The zero-order chi connectivity index (χ0) is 13.9. The van der Waals surface area contributed by atoms with Crippen molar-refractivity contribution in [3.05, 3.63) is 29.8 Å². The number of nitrogens with zero attached hydrogens (tertiary/aromatic N) is 2. The van der Waals surface area contributed by atoms with Gasteiger partial charge in [-0.25, -0.2) is 4.39 Å². The first-order chi connectivity index (χ1) is 9.75. The van der Waals surface area contributed by atoms with Gasteiger partial charge in [0.25, 0.3) is 0 Å². The Bertz CT molecular complexity index is 488. The molecule has 0 amide bonds. The summed E-state index contributed by atoms with van der Waals surface area (Å²) in [5.74, 6) is -0.421. The molecule has 108 valence electrons. The number of rotatable bonds is 3. The molecule has 2 fully saturated rings. The van der Waals surface area contributed by atoms with Crippen LogP contribution >= 0.6 is 0 Å². The van der Waals surface area contributed by atoms with Crippen molar-refractivity contribution in [2.75, 3.05) is 19.6 Å². The molecule has 3 rings (SSSR count). The summed E-state index contributed by atoms with van der Waals surface area (Å²) in [5.41, 5.74) is 0.399. The minimum absolute atomic E-state index is 0.0213. The Kier molecular flexibility index (Phi) is 4.08. The Balaban J connectivity index is 1.76. The molecule has 20 heavy (non-hydrogen) atoms. The number of aromatic nitrogens is 1. The van der Waals surface area contributed by atoms with Crippen LogP contribution in [0.1, 0.15) is 36.0 Å². The van der Waals surface area contributed by atoms with Gasteiger partial charge < -0.3 is 5.32 Å². The molecule has 5 heteroatoms. The van der Waals surface area contributed by atoms with Crippen LogP contribution < -0.4 is 5.32 Å². The first-order valence-corrected chi connectivity index (χ1v) is 7.37. The highest BCUT2D eigenvalue weighted by molar-refractivity contribution is 6.00. The quantitative estimate of drug-likeness (QED) is 0.853. The van der Waals surface area contributed by atoms with Crippen LogP contribution in [0.5, 0.6) is 0 Å². The minimum Gasteiger partial charge on any atom is -0.317 e. The van der Waals surface area contributed by atoms with Gasteiger partial charge in [0.15, 0.2) is 5.78 Å². The number of halogens is 1. The molecule has 1 aromatic heterocycles. The van der Waals surface area contributed by atoms with Gasteiger partial charge in [-0.3, -0.25) is 14.7 Å². The van der Waals surface area contributed by atoms with E-state index >= 15 is 0 Å². The van der Waals surface area contributed by atoms with Gasteiger partial charge in [0, 0.05) is 17.8 Å². The monoisotopic (exact) mass is 277 g/mol. The molecule has 0 radical (unpaired) electrons. The van der Waals surface area contributed by atoms with Crippen molar-refractivity contribution < 1.29 is 9.18 Å². The maximum Gasteiger partial charge on any atom is 0.181 e. The molecule has 0 saturated carbocycles. The number of carbonyl (C=O) groups excluding carboxylic acids is 1. The fourth-order valence-electron chi connectivity index (χ4n) is 3.38. The summed E-state index contributed by atoms with van der Waals surface area (Å²) in [4.78, 5) is 18.7. The van der Waals surface area contributed by atoms with E-state index in [1.165, 1.54) is 12.3 Å². The van der Waals surface area contributed by atoms with E-state index in [9.17, 15) is 9.18 Å². The summed E-state index contributed by atoms with van der Waals surface area (Å²) in [6.45, 7) is 3.01. The summed E-state index contributed by atoms with van der Waals surface area (Å²) in [5, 5.41) is 3.35. The van der Waals surface area contributed by atoms with Crippen LogP contribution in [-0.4, -0.2) is 47.4 Å². The SMILES string of the molecule is O=C(c1cncc(F)c1)C1CCCN1C1CCNCC1. The Morgan fingerprint density at radius 2 is 2.10 bits per heavy atom. The van der Waals surface area contributed by atoms with E-state index in [2.05, 4.69) is 15.2 Å². The molecule has 1 aromatic rings. The smallest absolute Gasteiger partial charge is 0.181 e. The van der Waals surface area contributed by atoms with Gasteiger partial charge in [-0.2, -0.15) is 0 Å². The molecular formula is C15H20FN3O. The molecule has 1 atom stereocenters. The van der Waals surface area contributed by atoms with E-state index in [1.54, 1.807) is 0 Å². The summed E-state index contributed by atoms with van der Waals surface area (Å²) in [6.07, 6.45) is 6.71. The molecule has 0 aromatic carbocycles. The van der Waals surface area contributed by atoms with Crippen LogP contribution in [0.4, 0.5) is 4.39 Å². The first-order valence-electron chi connectivity index (χ1n) is 7.37. The van der Waals surface area contributed by atoms with Crippen molar-refractivity contribution in [3.63, 3.8) is 0 Å². The maximum absolute atomic E-state index is 13.2. The third-order valence-corrected chi connectivity index (χ3v) is 4.36. The average molecular weight is 277 g/mol. The molecule has 0 spiro atoms. The van der Waals surface area contributed by atoms with Crippen molar-refractivity contribution in [1.29, 1.82) is 0 Å². The second-order valence-electron chi connectivity index (χ2n) is 5.63. The fourth-order valence-corrected chi connectivity index (χ4v) is 3.38. The zero-order valence-corrected chi connectivity index (χ0v) is 11.5. The third-order valence-electron chi connectivity index (χ3n) is 4.36. The molecule has 2 aliphatic heterocycles. The number of carbonyl (C=O) groups is 1. The third kappa shape index (κ3) is 2.74. The number of hydrogen-bond acceptors (Lipinski definition) is 4. The van der Waals surface area contributed by atoms with Crippen LogP contribution in [0, 0.1) is 5.82 Å². The van der Waals surface area contributed by atoms with Gasteiger partial charge >= 0.3 is 0 Å². The molecule has 1 unspecified atom stereocenters. The highest BCUT2D eigenvalue weighted by Gasteiger charge is 2.36. The lowest BCUT2D eigenvalue weighted by Gasteiger charge is -2.35. The van der Waals surface area contributed by atoms with Crippen LogP contribution in [0.25, 0.3) is 0 Å². The Morgan fingerprint density at radius 1 is 1.30 bits per heavy atom. The van der Waals surface area contributed by atoms with Crippen molar-refractivity contribution in [2.45, 2.75) is 37.8 Å². The average Bonchev–Trinajstić information content (AvgIpc) is 2.97. The van der Waals surface area contributed by atoms with Crippen molar-refractivity contribution >= 4 is 5.78 Å². The summed E-state index contributed by atoms with van der Waals surface area (Å²) in [7, 11) is 0. The predicted octanol–water partition coefficient (Wildman–Crippen LogP) is 1.62. The number of likely N-dealkylation sites (tertiary alicyclic amines) is 1. The molecule has 2 aliphatic rings. The van der Waals surface area contributed by atoms with Gasteiger partial charge in [-0.1, -0.05) is 0 Å². The molecular weight excluding hydrogens is 257 g/mol. The second-order valence-corrected chi connectivity index (χ2v) is 5.63. The zero-order valence-electron chi connectivity index (χ0n) is 11.5. The van der Waals surface area contributed by atoms with Gasteiger partial charge in [-0.15, -0.1) is 0 Å². The van der Waals surface area contributed by atoms with E-state index < -0.39 is 5.82 Å². The van der Waals surface area contributed by atoms with Gasteiger partial charge in [0.05, 0.1) is 12.2 Å². The van der Waals surface area contributed by atoms with Crippen molar-refractivity contribution in [1.82, 2.24) is 15.2 Å². The second kappa shape index (κ2) is 5.97. The van der Waals surface area contributed by atoms with Crippen molar-refractivity contribution in [3.8, 4) is 0 Å². The van der Waals surface area contributed by atoms with Gasteiger partial charge in [-0.05, 0) is 51.4 Å². The van der Waals surface area contributed by atoms with E-state index in [1.807, 2.05) is 0 Å². The molecule has 2 saturated heterocycles. The first kappa shape index (κ1) is 13.6. The van der Waals surface area contributed by atoms with Crippen LogP contribution in [0.3, 0.4) is 0 Å². The van der Waals surface area contributed by atoms with E-state index in [4.69, 9.17) is 0 Å². The Morgan fingerprint density at radius 3 is 2.85 bits per heavy atom. The largest absolute Gasteiger partial charge is 0.317 e. The number of pyridine rings is 1. The van der Waals surface area contributed by atoms with E-state index in [-0.39, 0.29) is 11.8 Å². The van der Waals surface area contributed by atoms with E-state index in [0.29, 0.717) is 11.6 Å².